The number of carbonyl (C=O) groups is 2. The standard InChI is InChI=1S/C24H29N9O3/c25-8-5-24(33-15-18(21(27)35)22(31-33)29-23(36)17-2-3-17)6-11-32(12-7-24)14-16-1-4-19(20(34)13-16)30-28-10-9-26/h1,4,9-10,13,15,17,26,30,34H,2-3,5-7,11-12,14H2,(H2,27,35)(H,29,31,36)/b26-9?,28-10-. The molecule has 2 aromatic rings. The molecule has 2 fully saturated rings. The molecule has 2 amide bonds. The minimum absolute atomic E-state index is 0.0501. The number of rotatable bonds is 10. The third kappa shape index (κ3) is 5.52. The van der Waals surface area contributed by atoms with Crippen LogP contribution in [-0.2, 0) is 16.9 Å². The Morgan fingerprint density at radius 1 is 1.36 bits per heavy atom. The molecule has 2 heterocycles. The first-order valence-corrected chi connectivity index (χ1v) is 11.8. The number of hydrazone groups is 1. The first-order chi connectivity index (χ1) is 17.3. The largest absolute Gasteiger partial charge is 0.506 e. The van der Waals surface area contributed by atoms with Gasteiger partial charge in [-0.1, -0.05) is 6.07 Å². The summed E-state index contributed by atoms with van der Waals surface area (Å²) in [6.07, 6.45) is 6.91. The summed E-state index contributed by atoms with van der Waals surface area (Å²) in [5.74, 6) is -0.697. The number of nitrogens with zero attached hydrogens (tertiary/aromatic N) is 5. The lowest BCUT2D eigenvalue weighted by molar-refractivity contribution is -0.117. The maximum absolute atomic E-state index is 12.3. The predicted octanol–water partition coefficient (Wildman–Crippen LogP) is 1.99. The summed E-state index contributed by atoms with van der Waals surface area (Å²) in [4.78, 5) is 26.5. The van der Waals surface area contributed by atoms with E-state index in [0.29, 0.717) is 38.2 Å². The van der Waals surface area contributed by atoms with Gasteiger partial charge in [-0.3, -0.25) is 24.6 Å². The number of nitrogens with one attached hydrogen (secondary N) is 3. The van der Waals surface area contributed by atoms with Crippen LogP contribution in [0.2, 0.25) is 0 Å². The molecule has 2 aliphatic rings. The zero-order chi connectivity index (χ0) is 25.7. The minimum atomic E-state index is -0.682. The Labute approximate surface area is 208 Å². The summed E-state index contributed by atoms with van der Waals surface area (Å²) in [5, 5.41) is 37.8. The second kappa shape index (κ2) is 10.6. The molecular weight excluding hydrogens is 462 g/mol. The van der Waals surface area contributed by atoms with E-state index in [1.807, 2.05) is 6.07 Å². The number of benzene rings is 1. The molecule has 1 aliphatic heterocycles. The lowest BCUT2D eigenvalue weighted by Crippen LogP contribution is -2.46. The lowest BCUT2D eigenvalue weighted by atomic mass is 9.84. The van der Waals surface area contributed by atoms with E-state index in [-0.39, 0.29) is 35.4 Å². The van der Waals surface area contributed by atoms with E-state index in [1.54, 1.807) is 23.0 Å². The molecule has 1 aliphatic carbocycles. The highest BCUT2D eigenvalue weighted by Gasteiger charge is 2.39. The molecule has 1 saturated heterocycles. The van der Waals surface area contributed by atoms with E-state index in [4.69, 9.17) is 11.1 Å². The Bertz CT molecular complexity index is 1220. The summed E-state index contributed by atoms with van der Waals surface area (Å²) in [5.41, 5.74) is 9.10. The van der Waals surface area contributed by atoms with Crippen LogP contribution in [0.3, 0.4) is 0 Å². The van der Waals surface area contributed by atoms with Gasteiger partial charge in [0.05, 0.1) is 29.9 Å². The molecule has 12 heteroatoms. The number of anilines is 2. The van der Waals surface area contributed by atoms with Gasteiger partial charge in [-0.05, 0) is 43.4 Å². The minimum Gasteiger partial charge on any atom is -0.506 e. The zero-order valence-electron chi connectivity index (χ0n) is 19.8. The number of aromatic nitrogens is 2. The van der Waals surface area contributed by atoms with E-state index in [1.165, 1.54) is 6.21 Å². The van der Waals surface area contributed by atoms with Gasteiger partial charge < -0.3 is 21.6 Å². The van der Waals surface area contributed by atoms with Crippen LogP contribution >= 0.6 is 0 Å². The molecular formula is C24H29N9O3. The third-order valence-electron chi connectivity index (χ3n) is 6.65. The third-order valence-corrected chi connectivity index (χ3v) is 6.65. The van der Waals surface area contributed by atoms with Crippen molar-refractivity contribution in [3.63, 3.8) is 0 Å². The van der Waals surface area contributed by atoms with Crippen LogP contribution in [0.25, 0.3) is 0 Å². The summed E-state index contributed by atoms with van der Waals surface area (Å²) in [6.45, 7) is 1.94. The van der Waals surface area contributed by atoms with Crippen molar-refractivity contribution >= 4 is 35.7 Å². The molecule has 0 unspecified atom stereocenters. The molecule has 1 aromatic carbocycles. The van der Waals surface area contributed by atoms with Crippen LogP contribution in [0.5, 0.6) is 5.75 Å². The monoisotopic (exact) mass is 491 g/mol. The maximum atomic E-state index is 12.3. The number of hydrogen-bond donors (Lipinski definition) is 5. The molecule has 4 rings (SSSR count). The molecule has 36 heavy (non-hydrogen) atoms. The van der Waals surface area contributed by atoms with Crippen molar-refractivity contribution in [3.8, 4) is 11.8 Å². The normalized spacial score (nSPS) is 17.4. The molecule has 1 saturated carbocycles. The molecule has 0 radical (unpaired) electrons. The molecule has 12 nitrogen and oxygen atoms in total. The molecule has 0 spiro atoms. The molecule has 188 valence electrons. The van der Waals surface area contributed by atoms with Gasteiger partial charge in [0, 0.05) is 38.0 Å². The van der Waals surface area contributed by atoms with Crippen LogP contribution in [0, 0.1) is 22.7 Å². The smallest absolute Gasteiger partial charge is 0.254 e. The number of phenolic OH excluding ortho intramolecular Hbond substituents is 1. The maximum Gasteiger partial charge on any atom is 0.254 e. The van der Waals surface area contributed by atoms with Gasteiger partial charge in [0.2, 0.25) is 5.91 Å². The fourth-order valence-electron chi connectivity index (χ4n) is 4.39. The van der Waals surface area contributed by atoms with Crippen LogP contribution in [0.4, 0.5) is 11.5 Å². The van der Waals surface area contributed by atoms with E-state index in [9.17, 15) is 20.0 Å². The number of likely N-dealkylation sites (tertiary alicyclic amines) is 1. The molecule has 0 bridgehead atoms. The Kier molecular flexibility index (Phi) is 7.30. The van der Waals surface area contributed by atoms with Crippen molar-refractivity contribution in [2.45, 2.75) is 44.2 Å². The molecule has 6 N–H and O–H groups in total. The van der Waals surface area contributed by atoms with Gasteiger partial charge >= 0.3 is 0 Å². The summed E-state index contributed by atoms with van der Waals surface area (Å²) in [6, 6.07) is 7.54. The SMILES string of the molecule is N#CCC1(n2cc(C(N)=O)c(NC(=O)C3CC3)n2)CCN(Cc2ccc(N/N=C\C=N)c(O)c2)CC1. The van der Waals surface area contributed by atoms with Gasteiger partial charge in [-0.2, -0.15) is 15.5 Å². The number of amides is 2. The zero-order valence-corrected chi connectivity index (χ0v) is 19.8. The van der Waals surface area contributed by atoms with Crippen molar-refractivity contribution in [1.82, 2.24) is 14.7 Å². The second-order valence-electron chi connectivity index (χ2n) is 9.21. The van der Waals surface area contributed by atoms with Crippen molar-refractivity contribution in [1.29, 1.82) is 10.7 Å². The van der Waals surface area contributed by atoms with Crippen LogP contribution in [-0.4, -0.2) is 57.1 Å². The fraction of sp³-hybridized carbons (Fsp3) is 0.417. The highest BCUT2D eigenvalue weighted by molar-refractivity contribution is 6.14. The lowest BCUT2D eigenvalue weighted by Gasteiger charge is -2.40. The number of hydrogen-bond acceptors (Lipinski definition) is 9. The van der Waals surface area contributed by atoms with Crippen LogP contribution < -0.4 is 16.5 Å². The van der Waals surface area contributed by atoms with Gasteiger partial charge in [-0.15, -0.1) is 0 Å². The Morgan fingerprint density at radius 2 is 2.11 bits per heavy atom. The summed E-state index contributed by atoms with van der Waals surface area (Å²) < 4.78 is 1.64. The molecule has 1 aromatic heterocycles. The number of nitrogens with two attached hydrogens (primary N) is 1. The van der Waals surface area contributed by atoms with E-state index >= 15 is 0 Å². The summed E-state index contributed by atoms with van der Waals surface area (Å²) in [7, 11) is 0. The van der Waals surface area contributed by atoms with Crippen molar-refractivity contribution in [2.24, 2.45) is 16.8 Å². The van der Waals surface area contributed by atoms with Gasteiger partial charge in [-0.25, -0.2) is 0 Å². The first-order valence-electron chi connectivity index (χ1n) is 11.8. The van der Waals surface area contributed by atoms with Gasteiger partial charge in [0.25, 0.3) is 5.91 Å². The quantitative estimate of drug-likeness (QED) is 0.191. The first kappa shape index (κ1) is 24.9. The highest BCUT2D eigenvalue weighted by atomic mass is 16.3. The number of primary amides is 1. The van der Waals surface area contributed by atoms with Crippen LogP contribution in [0.1, 0.15) is 48.0 Å². The number of aromatic hydroxyl groups is 1. The number of phenols is 1. The van der Waals surface area contributed by atoms with Gasteiger partial charge in [0.15, 0.2) is 5.82 Å². The van der Waals surface area contributed by atoms with E-state index in [2.05, 4.69) is 31.9 Å². The second-order valence-corrected chi connectivity index (χ2v) is 9.21. The van der Waals surface area contributed by atoms with Crippen molar-refractivity contribution < 1.29 is 14.7 Å². The van der Waals surface area contributed by atoms with Gasteiger partial charge in [0.1, 0.15) is 11.3 Å². The number of nitriles is 1. The Hall–Kier alpha value is -4.24. The Morgan fingerprint density at radius 3 is 2.72 bits per heavy atom. The highest BCUT2D eigenvalue weighted by Crippen LogP contribution is 2.36. The predicted molar refractivity (Wildman–Crippen MR) is 134 cm³/mol. The van der Waals surface area contributed by atoms with Crippen molar-refractivity contribution in [3.05, 3.63) is 35.5 Å². The molecule has 0 atom stereocenters. The average Bonchev–Trinajstić information content (AvgIpc) is 3.62. The van der Waals surface area contributed by atoms with Crippen LogP contribution in [0.15, 0.2) is 29.5 Å². The fourth-order valence-corrected chi connectivity index (χ4v) is 4.39. The van der Waals surface area contributed by atoms with Crippen molar-refractivity contribution in [2.75, 3.05) is 23.8 Å². The summed E-state index contributed by atoms with van der Waals surface area (Å²) >= 11 is 0. The van der Waals surface area contributed by atoms with E-state index < -0.39 is 11.4 Å². The Balaban J connectivity index is 1.46. The topological polar surface area (TPSA) is 186 Å². The van der Waals surface area contributed by atoms with E-state index in [0.717, 1.165) is 24.6 Å². The number of carbonyl (C=O) groups excluding carboxylic acids is 2. The average molecular weight is 492 g/mol. The number of piperidine rings is 1.